The van der Waals surface area contributed by atoms with Crippen molar-refractivity contribution in [3.63, 3.8) is 0 Å². The number of hydrogen-bond acceptors (Lipinski definition) is 3. The summed E-state index contributed by atoms with van der Waals surface area (Å²) < 4.78 is 0. The highest BCUT2D eigenvalue weighted by atomic mass is 32.2. The minimum Gasteiger partial charge on any atom is -0.392 e. The maximum absolute atomic E-state index is 9.15. The standard InChI is InChI=1S/C6H9NOS/c7-2-1-5-3-9-4-6(5)8/h5-6,8H,1,3-4H2/t5-,6+/m0/s1. The van der Waals surface area contributed by atoms with Crippen LogP contribution in [0.25, 0.3) is 0 Å². The quantitative estimate of drug-likeness (QED) is 0.585. The molecule has 1 rings (SSSR count). The van der Waals surface area contributed by atoms with Gasteiger partial charge in [0, 0.05) is 18.1 Å². The van der Waals surface area contributed by atoms with Gasteiger partial charge in [-0.3, -0.25) is 0 Å². The van der Waals surface area contributed by atoms with Crippen molar-refractivity contribution in [2.24, 2.45) is 5.92 Å². The van der Waals surface area contributed by atoms with Crippen molar-refractivity contribution in [1.29, 1.82) is 5.26 Å². The number of aliphatic hydroxyl groups excluding tert-OH is 1. The zero-order valence-electron chi connectivity index (χ0n) is 5.08. The summed E-state index contributed by atoms with van der Waals surface area (Å²) in [6, 6.07) is 2.07. The highest BCUT2D eigenvalue weighted by Crippen LogP contribution is 2.25. The lowest BCUT2D eigenvalue weighted by molar-refractivity contribution is 0.152. The topological polar surface area (TPSA) is 44.0 Å². The number of rotatable bonds is 1. The highest BCUT2D eigenvalue weighted by molar-refractivity contribution is 7.99. The number of thioether (sulfide) groups is 1. The molecular formula is C6H9NOS. The van der Waals surface area contributed by atoms with Gasteiger partial charge in [-0.2, -0.15) is 17.0 Å². The van der Waals surface area contributed by atoms with Crippen LogP contribution in [0.4, 0.5) is 0 Å². The summed E-state index contributed by atoms with van der Waals surface area (Å²) >= 11 is 1.73. The van der Waals surface area contributed by atoms with Crippen LogP contribution in [0.3, 0.4) is 0 Å². The highest BCUT2D eigenvalue weighted by Gasteiger charge is 2.24. The zero-order valence-corrected chi connectivity index (χ0v) is 5.90. The molecule has 2 nitrogen and oxygen atoms in total. The zero-order chi connectivity index (χ0) is 6.69. The summed E-state index contributed by atoms with van der Waals surface area (Å²) in [6.45, 7) is 0. The summed E-state index contributed by atoms with van der Waals surface area (Å²) in [5.74, 6) is 2.00. The van der Waals surface area contributed by atoms with E-state index in [1.807, 2.05) is 0 Å². The molecule has 0 saturated carbocycles. The van der Waals surface area contributed by atoms with Crippen molar-refractivity contribution >= 4 is 11.8 Å². The first kappa shape index (κ1) is 6.91. The maximum atomic E-state index is 9.15. The van der Waals surface area contributed by atoms with E-state index in [1.165, 1.54) is 0 Å². The van der Waals surface area contributed by atoms with Crippen molar-refractivity contribution in [1.82, 2.24) is 0 Å². The minimum atomic E-state index is -0.227. The molecule has 0 bridgehead atoms. The monoisotopic (exact) mass is 143 g/mol. The van der Waals surface area contributed by atoms with Crippen LogP contribution in [-0.2, 0) is 0 Å². The van der Waals surface area contributed by atoms with Gasteiger partial charge < -0.3 is 5.11 Å². The summed E-state index contributed by atoms with van der Waals surface area (Å²) in [5, 5.41) is 17.4. The van der Waals surface area contributed by atoms with Gasteiger partial charge in [0.15, 0.2) is 0 Å². The molecule has 0 spiro atoms. The first-order chi connectivity index (χ1) is 4.34. The van der Waals surface area contributed by atoms with E-state index in [2.05, 4.69) is 6.07 Å². The summed E-state index contributed by atoms with van der Waals surface area (Å²) in [4.78, 5) is 0. The molecule has 0 unspecified atom stereocenters. The van der Waals surface area contributed by atoms with Crippen LogP contribution < -0.4 is 0 Å². The molecule has 1 aliphatic heterocycles. The number of nitrogens with zero attached hydrogens (tertiary/aromatic N) is 1. The van der Waals surface area contributed by atoms with Crippen LogP contribution in [0.2, 0.25) is 0 Å². The Morgan fingerprint density at radius 1 is 1.67 bits per heavy atom. The molecule has 3 heteroatoms. The number of hydrogen-bond donors (Lipinski definition) is 1. The van der Waals surface area contributed by atoms with E-state index in [-0.39, 0.29) is 12.0 Å². The van der Waals surface area contributed by atoms with E-state index in [1.54, 1.807) is 11.8 Å². The molecule has 0 aliphatic carbocycles. The molecule has 0 aromatic carbocycles. The Hall–Kier alpha value is -0.200. The Bertz CT molecular complexity index is 132. The second kappa shape index (κ2) is 3.09. The molecule has 1 N–H and O–H groups in total. The molecule has 2 atom stereocenters. The Morgan fingerprint density at radius 3 is 2.89 bits per heavy atom. The SMILES string of the molecule is N#CC[C@H]1CSC[C@H]1O. The molecule has 50 valence electrons. The molecule has 0 radical (unpaired) electrons. The van der Waals surface area contributed by atoms with Crippen LogP contribution in [0.1, 0.15) is 6.42 Å². The molecule has 0 aromatic heterocycles. The maximum Gasteiger partial charge on any atom is 0.0676 e. The van der Waals surface area contributed by atoms with Crippen LogP contribution in [0, 0.1) is 17.2 Å². The van der Waals surface area contributed by atoms with Crippen molar-refractivity contribution in [3.05, 3.63) is 0 Å². The Balaban J connectivity index is 2.33. The smallest absolute Gasteiger partial charge is 0.0676 e. The van der Waals surface area contributed by atoms with Crippen molar-refractivity contribution in [2.75, 3.05) is 11.5 Å². The predicted octanol–water partition coefficient (Wildman–Crippen LogP) is 0.624. The molecule has 1 saturated heterocycles. The van der Waals surface area contributed by atoms with Crippen LogP contribution >= 0.6 is 11.8 Å². The molecule has 0 aromatic rings. The number of nitriles is 1. The lowest BCUT2D eigenvalue weighted by Crippen LogP contribution is -2.16. The average molecular weight is 143 g/mol. The minimum absolute atomic E-state index is 0.227. The third-order valence-electron chi connectivity index (χ3n) is 1.52. The predicted molar refractivity (Wildman–Crippen MR) is 37.1 cm³/mol. The van der Waals surface area contributed by atoms with Gasteiger partial charge >= 0.3 is 0 Å². The van der Waals surface area contributed by atoms with Gasteiger partial charge in [0.2, 0.25) is 0 Å². The van der Waals surface area contributed by atoms with E-state index in [4.69, 9.17) is 10.4 Å². The average Bonchev–Trinajstić information content (AvgIpc) is 2.18. The first-order valence-corrected chi connectivity index (χ1v) is 4.13. The molecule has 1 aliphatic rings. The van der Waals surface area contributed by atoms with Crippen LogP contribution in [0.5, 0.6) is 0 Å². The molecule has 9 heavy (non-hydrogen) atoms. The number of aliphatic hydroxyl groups is 1. The van der Waals surface area contributed by atoms with Gasteiger partial charge in [-0.1, -0.05) is 0 Å². The van der Waals surface area contributed by atoms with E-state index < -0.39 is 0 Å². The second-order valence-electron chi connectivity index (χ2n) is 2.23. The molecule has 1 heterocycles. The van der Waals surface area contributed by atoms with Crippen molar-refractivity contribution < 1.29 is 5.11 Å². The van der Waals surface area contributed by atoms with Gasteiger partial charge in [-0.05, 0) is 5.75 Å². The first-order valence-electron chi connectivity index (χ1n) is 2.97. The third-order valence-corrected chi connectivity index (χ3v) is 2.76. The van der Waals surface area contributed by atoms with Gasteiger partial charge in [0.1, 0.15) is 0 Å². The van der Waals surface area contributed by atoms with Gasteiger partial charge in [-0.25, -0.2) is 0 Å². The molecule has 0 amide bonds. The van der Waals surface area contributed by atoms with E-state index >= 15 is 0 Å². The van der Waals surface area contributed by atoms with E-state index in [0.717, 1.165) is 11.5 Å². The fourth-order valence-electron chi connectivity index (χ4n) is 0.900. The van der Waals surface area contributed by atoms with E-state index in [0.29, 0.717) is 6.42 Å². The Morgan fingerprint density at radius 2 is 2.44 bits per heavy atom. The summed E-state index contributed by atoms with van der Waals surface area (Å²) in [5.41, 5.74) is 0. The second-order valence-corrected chi connectivity index (χ2v) is 3.30. The summed E-state index contributed by atoms with van der Waals surface area (Å²) in [7, 11) is 0. The van der Waals surface area contributed by atoms with Gasteiger partial charge in [0.25, 0.3) is 0 Å². The van der Waals surface area contributed by atoms with Crippen LogP contribution in [0.15, 0.2) is 0 Å². The lowest BCUT2D eigenvalue weighted by atomic mass is 10.0. The largest absolute Gasteiger partial charge is 0.392 e. The Kier molecular flexibility index (Phi) is 2.38. The fourth-order valence-corrected chi connectivity index (χ4v) is 2.19. The van der Waals surface area contributed by atoms with Crippen molar-refractivity contribution in [3.8, 4) is 6.07 Å². The van der Waals surface area contributed by atoms with Crippen molar-refractivity contribution in [2.45, 2.75) is 12.5 Å². The van der Waals surface area contributed by atoms with E-state index in [9.17, 15) is 0 Å². The van der Waals surface area contributed by atoms with Gasteiger partial charge in [0.05, 0.1) is 12.2 Å². The molecule has 1 fully saturated rings. The van der Waals surface area contributed by atoms with Crippen LogP contribution in [-0.4, -0.2) is 22.7 Å². The van der Waals surface area contributed by atoms with Gasteiger partial charge in [-0.15, -0.1) is 0 Å². The fraction of sp³-hybridized carbons (Fsp3) is 0.833. The summed E-state index contributed by atoms with van der Waals surface area (Å²) in [6.07, 6.45) is 0.281. The normalized spacial score (nSPS) is 34.2. The lowest BCUT2D eigenvalue weighted by Gasteiger charge is -2.06. The third kappa shape index (κ3) is 1.60. The molecular weight excluding hydrogens is 134 g/mol. The Labute approximate surface area is 58.9 Å².